The molecule has 0 rings (SSSR count). The van der Waals surface area contributed by atoms with Crippen molar-refractivity contribution < 1.29 is 0 Å². The van der Waals surface area contributed by atoms with Crippen LogP contribution in [0.4, 0.5) is 0 Å². The molecule has 52 valence electrons. The Bertz CT molecular complexity index is 116. The maximum Gasteiger partial charge on any atom is 0.0666 e. The highest BCUT2D eigenvalue weighted by Crippen LogP contribution is 2.00. The van der Waals surface area contributed by atoms with Gasteiger partial charge in [0.05, 0.1) is 6.04 Å². The van der Waals surface area contributed by atoms with E-state index in [1.165, 1.54) is 0 Å². The standard InChI is InChI=1S/C8H15N/c1-4-5-8(9)6-7(2)3/h7-8H,6,9H2,1-3H3/t8-/m0/s1. The van der Waals surface area contributed by atoms with Crippen LogP contribution in [-0.4, -0.2) is 6.04 Å². The van der Waals surface area contributed by atoms with Crippen LogP contribution in [0.1, 0.15) is 27.2 Å². The molecule has 0 spiro atoms. The van der Waals surface area contributed by atoms with Crippen molar-refractivity contribution in [2.24, 2.45) is 11.7 Å². The maximum absolute atomic E-state index is 5.61. The normalized spacial score (nSPS) is 12.6. The van der Waals surface area contributed by atoms with Crippen LogP contribution in [0.2, 0.25) is 0 Å². The lowest BCUT2D eigenvalue weighted by molar-refractivity contribution is 0.554. The first-order valence-electron chi connectivity index (χ1n) is 3.34. The van der Waals surface area contributed by atoms with Gasteiger partial charge in [-0.05, 0) is 19.3 Å². The predicted octanol–water partition coefficient (Wildman–Crippen LogP) is 1.38. The zero-order valence-electron chi connectivity index (χ0n) is 6.44. The summed E-state index contributed by atoms with van der Waals surface area (Å²) in [7, 11) is 0. The molecule has 1 heteroatoms. The summed E-state index contributed by atoms with van der Waals surface area (Å²) in [6.45, 7) is 6.12. The molecule has 0 aliphatic carbocycles. The molecular weight excluding hydrogens is 110 g/mol. The number of rotatable bonds is 2. The van der Waals surface area contributed by atoms with Gasteiger partial charge >= 0.3 is 0 Å². The first-order chi connectivity index (χ1) is 4.16. The molecule has 0 unspecified atom stereocenters. The van der Waals surface area contributed by atoms with Crippen LogP contribution in [-0.2, 0) is 0 Å². The van der Waals surface area contributed by atoms with Gasteiger partial charge in [0, 0.05) is 0 Å². The van der Waals surface area contributed by atoms with Crippen molar-refractivity contribution in [1.82, 2.24) is 0 Å². The molecule has 0 aromatic rings. The van der Waals surface area contributed by atoms with Crippen molar-refractivity contribution in [3.05, 3.63) is 0 Å². The Morgan fingerprint density at radius 3 is 2.33 bits per heavy atom. The van der Waals surface area contributed by atoms with Gasteiger partial charge in [-0.3, -0.25) is 0 Å². The highest BCUT2D eigenvalue weighted by molar-refractivity contribution is 5.03. The van der Waals surface area contributed by atoms with E-state index in [2.05, 4.69) is 25.7 Å². The van der Waals surface area contributed by atoms with E-state index in [9.17, 15) is 0 Å². The Hall–Kier alpha value is -0.480. The van der Waals surface area contributed by atoms with Crippen LogP contribution in [0.3, 0.4) is 0 Å². The van der Waals surface area contributed by atoms with Gasteiger partial charge in [-0.1, -0.05) is 19.8 Å². The number of hydrogen-bond acceptors (Lipinski definition) is 1. The third kappa shape index (κ3) is 5.39. The van der Waals surface area contributed by atoms with E-state index in [0.717, 1.165) is 6.42 Å². The smallest absolute Gasteiger partial charge is 0.0666 e. The topological polar surface area (TPSA) is 26.0 Å². The molecule has 0 heterocycles. The number of nitrogens with two attached hydrogens (primary N) is 1. The third-order valence-electron chi connectivity index (χ3n) is 1.06. The van der Waals surface area contributed by atoms with E-state index >= 15 is 0 Å². The zero-order chi connectivity index (χ0) is 7.28. The average Bonchev–Trinajstić information content (AvgIpc) is 1.63. The Morgan fingerprint density at radius 2 is 2.00 bits per heavy atom. The molecule has 0 radical (unpaired) electrons. The van der Waals surface area contributed by atoms with E-state index in [1.807, 2.05) is 6.92 Å². The van der Waals surface area contributed by atoms with Gasteiger partial charge in [0.1, 0.15) is 0 Å². The lowest BCUT2D eigenvalue weighted by atomic mass is 10.1. The minimum Gasteiger partial charge on any atom is -0.318 e. The third-order valence-corrected chi connectivity index (χ3v) is 1.06. The van der Waals surface area contributed by atoms with E-state index in [-0.39, 0.29) is 6.04 Å². The van der Waals surface area contributed by atoms with Gasteiger partial charge in [-0.15, -0.1) is 5.92 Å². The Morgan fingerprint density at radius 1 is 1.44 bits per heavy atom. The van der Waals surface area contributed by atoms with Gasteiger partial charge in [-0.2, -0.15) is 0 Å². The summed E-state index contributed by atoms with van der Waals surface area (Å²) in [4.78, 5) is 0. The molecule has 0 aliphatic heterocycles. The molecule has 0 aromatic carbocycles. The Balaban J connectivity index is 3.46. The van der Waals surface area contributed by atoms with E-state index in [1.54, 1.807) is 0 Å². The molecule has 0 fully saturated rings. The van der Waals surface area contributed by atoms with Gasteiger partial charge in [-0.25, -0.2) is 0 Å². The maximum atomic E-state index is 5.61. The van der Waals surface area contributed by atoms with Crippen LogP contribution in [0.25, 0.3) is 0 Å². The summed E-state index contributed by atoms with van der Waals surface area (Å²) in [5.74, 6) is 6.36. The van der Waals surface area contributed by atoms with Crippen LogP contribution in [0.5, 0.6) is 0 Å². The fraction of sp³-hybridized carbons (Fsp3) is 0.750. The second-order valence-corrected chi connectivity index (χ2v) is 2.63. The molecule has 0 aromatic heterocycles. The predicted molar refractivity (Wildman–Crippen MR) is 40.9 cm³/mol. The van der Waals surface area contributed by atoms with Gasteiger partial charge < -0.3 is 5.73 Å². The lowest BCUT2D eigenvalue weighted by Gasteiger charge is -2.05. The van der Waals surface area contributed by atoms with Gasteiger partial charge in [0.15, 0.2) is 0 Å². The molecule has 2 N–H and O–H groups in total. The minimum absolute atomic E-state index is 0.0787. The summed E-state index contributed by atoms with van der Waals surface area (Å²) in [6.07, 6.45) is 1.00. The highest BCUT2D eigenvalue weighted by Gasteiger charge is 1.99. The van der Waals surface area contributed by atoms with Crippen LogP contribution >= 0.6 is 0 Å². The number of hydrogen-bond donors (Lipinski definition) is 1. The summed E-state index contributed by atoms with van der Waals surface area (Å²) < 4.78 is 0. The van der Waals surface area contributed by atoms with E-state index in [4.69, 9.17) is 5.73 Å². The zero-order valence-corrected chi connectivity index (χ0v) is 6.44. The molecule has 0 amide bonds. The Labute approximate surface area is 57.6 Å². The second-order valence-electron chi connectivity index (χ2n) is 2.63. The summed E-state index contributed by atoms with van der Waals surface area (Å²) in [5.41, 5.74) is 5.61. The molecule has 0 saturated heterocycles. The average molecular weight is 125 g/mol. The molecule has 0 aliphatic rings. The van der Waals surface area contributed by atoms with E-state index < -0.39 is 0 Å². The van der Waals surface area contributed by atoms with Crippen molar-refractivity contribution in [3.8, 4) is 11.8 Å². The SMILES string of the molecule is CC#C[C@H](N)CC(C)C. The molecule has 0 saturated carbocycles. The van der Waals surface area contributed by atoms with Gasteiger partial charge in [0.25, 0.3) is 0 Å². The van der Waals surface area contributed by atoms with Crippen molar-refractivity contribution in [2.75, 3.05) is 0 Å². The quantitative estimate of drug-likeness (QED) is 0.554. The fourth-order valence-electron chi connectivity index (χ4n) is 0.752. The first-order valence-corrected chi connectivity index (χ1v) is 3.34. The van der Waals surface area contributed by atoms with Crippen LogP contribution < -0.4 is 5.73 Å². The van der Waals surface area contributed by atoms with Crippen molar-refractivity contribution >= 4 is 0 Å². The molecule has 9 heavy (non-hydrogen) atoms. The van der Waals surface area contributed by atoms with Crippen molar-refractivity contribution in [1.29, 1.82) is 0 Å². The van der Waals surface area contributed by atoms with Gasteiger partial charge in [0.2, 0.25) is 0 Å². The highest BCUT2D eigenvalue weighted by atomic mass is 14.6. The summed E-state index contributed by atoms with van der Waals surface area (Å²) >= 11 is 0. The minimum atomic E-state index is 0.0787. The van der Waals surface area contributed by atoms with Crippen LogP contribution in [0, 0.1) is 17.8 Å². The summed E-state index contributed by atoms with van der Waals surface area (Å²) in [6, 6.07) is 0.0787. The monoisotopic (exact) mass is 125 g/mol. The lowest BCUT2D eigenvalue weighted by Crippen LogP contribution is -2.19. The molecule has 1 nitrogen and oxygen atoms in total. The van der Waals surface area contributed by atoms with Crippen LogP contribution in [0.15, 0.2) is 0 Å². The molecule has 0 bridgehead atoms. The van der Waals surface area contributed by atoms with E-state index in [0.29, 0.717) is 5.92 Å². The molecule has 1 atom stereocenters. The summed E-state index contributed by atoms with van der Waals surface area (Å²) in [5, 5.41) is 0. The Kier molecular flexibility index (Phi) is 4.17. The first kappa shape index (κ1) is 8.52. The second kappa shape index (κ2) is 4.40. The molecular formula is C8H15N. The largest absolute Gasteiger partial charge is 0.318 e. The fourth-order valence-corrected chi connectivity index (χ4v) is 0.752. The van der Waals surface area contributed by atoms with Crippen molar-refractivity contribution in [2.45, 2.75) is 33.2 Å². The van der Waals surface area contributed by atoms with Crippen molar-refractivity contribution in [3.63, 3.8) is 0 Å².